The van der Waals surface area contributed by atoms with Crippen LogP contribution in [0, 0.1) is 6.92 Å². The molecule has 1 N–H and O–H groups in total. The van der Waals surface area contributed by atoms with Crippen molar-refractivity contribution in [2.24, 2.45) is 0 Å². The first kappa shape index (κ1) is 16.4. The number of benzene rings is 1. The number of nitrogens with one attached hydrogen (secondary N) is 1. The number of carbonyl (C=O) groups is 1. The second-order valence-corrected chi connectivity index (χ2v) is 6.86. The second kappa shape index (κ2) is 7.88. The van der Waals surface area contributed by atoms with Crippen LogP contribution in [0.2, 0.25) is 0 Å². The van der Waals surface area contributed by atoms with Crippen molar-refractivity contribution >= 4 is 17.2 Å². The molecule has 0 aliphatic rings. The molecule has 0 aliphatic carbocycles. The van der Waals surface area contributed by atoms with Crippen molar-refractivity contribution in [1.29, 1.82) is 0 Å². The normalized spacial score (nSPS) is 10.7. The zero-order valence-corrected chi connectivity index (χ0v) is 14.4. The minimum Gasteiger partial charge on any atom is -0.351 e. The Hall–Kier alpha value is -2.47. The largest absolute Gasteiger partial charge is 0.351 e. The van der Waals surface area contributed by atoms with Gasteiger partial charge in [-0.1, -0.05) is 30.3 Å². The maximum Gasteiger partial charge on any atom is 0.271 e. The van der Waals surface area contributed by atoms with Gasteiger partial charge in [-0.2, -0.15) is 0 Å². The van der Waals surface area contributed by atoms with E-state index in [1.165, 1.54) is 5.56 Å². The van der Waals surface area contributed by atoms with Gasteiger partial charge < -0.3 is 9.88 Å². The van der Waals surface area contributed by atoms with Crippen molar-refractivity contribution in [3.8, 4) is 0 Å². The Kier molecular flexibility index (Phi) is 5.38. The fraction of sp³-hybridized carbons (Fsp3) is 0.278. The average Bonchev–Trinajstić information content (AvgIpc) is 3.22. The van der Waals surface area contributed by atoms with Gasteiger partial charge in [0.1, 0.15) is 5.69 Å². The number of hydrogen-bond acceptors (Lipinski definition) is 4. The predicted molar refractivity (Wildman–Crippen MR) is 95.3 cm³/mol. The van der Waals surface area contributed by atoms with Crippen molar-refractivity contribution in [1.82, 2.24) is 19.9 Å². The van der Waals surface area contributed by atoms with Crippen LogP contribution in [0.4, 0.5) is 0 Å². The van der Waals surface area contributed by atoms with Crippen LogP contribution >= 0.6 is 11.3 Å². The van der Waals surface area contributed by atoms with E-state index in [9.17, 15) is 4.79 Å². The molecule has 5 nitrogen and oxygen atoms in total. The first-order chi connectivity index (χ1) is 11.7. The summed E-state index contributed by atoms with van der Waals surface area (Å²) in [5.74, 6) is -0.0871. The van der Waals surface area contributed by atoms with E-state index in [1.54, 1.807) is 23.9 Å². The lowest BCUT2D eigenvalue weighted by atomic mass is 10.1. The highest BCUT2D eigenvalue weighted by molar-refractivity contribution is 7.11. The molecule has 2 heterocycles. The summed E-state index contributed by atoms with van der Waals surface area (Å²) in [6, 6.07) is 10.2. The van der Waals surface area contributed by atoms with Gasteiger partial charge in [-0.3, -0.25) is 4.79 Å². The Balaban J connectivity index is 1.58. The molecule has 24 heavy (non-hydrogen) atoms. The summed E-state index contributed by atoms with van der Waals surface area (Å²) in [7, 11) is 0. The fourth-order valence-electron chi connectivity index (χ4n) is 2.51. The average molecular weight is 340 g/mol. The summed E-state index contributed by atoms with van der Waals surface area (Å²) in [6.07, 6.45) is 7.06. The van der Waals surface area contributed by atoms with Gasteiger partial charge in [0.2, 0.25) is 0 Å². The maximum atomic E-state index is 12.4. The number of rotatable bonds is 7. The van der Waals surface area contributed by atoms with Gasteiger partial charge in [-0.15, -0.1) is 11.3 Å². The van der Waals surface area contributed by atoms with Crippen molar-refractivity contribution in [3.05, 3.63) is 70.2 Å². The monoisotopic (exact) mass is 340 g/mol. The zero-order valence-electron chi connectivity index (χ0n) is 13.6. The maximum absolute atomic E-state index is 12.4. The fourth-order valence-corrected chi connectivity index (χ4v) is 3.48. The van der Waals surface area contributed by atoms with E-state index in [0.29, 0.717) is 12.2 Å². The quantitative estimate of drug-likeness (QED) is 0.673. The SMILES string of the molecule is Cc1nc(C(=O)NCCCn2ccnc2)c(Cc2ccccc2)s1. The van der Waals surface area contributed by atoms with E-state index in [2.05, 4.69) is 27.4 Å². The van der Waals surface area contributed by atoms with Crippen LogP contribution in [0.15, 0.2) is 49.1 Å². The van der Waals surface area contributed by atoms with Crippen molar-refractivity contribution in [2.45, 2.75) is 26.3 Å². The Morgan fingerprint density at radius 1 is 1.29 bits per heavy atom. The molecule has 1 amide bonds. The van der Waals surface area contributed by atoms with Crippen molar-refractivity contribution in [2.75, 3.05) is 6.54 Å². The molecule has 0 spiro atoms. The standard InChI is InChI=1S/C18H20N4OS/c1-14-21-17(16(24-14)12-15-6-3-2-4-7-15)18(23)20-8-5-10-22-11-9-19-13-22/h2-4,6-7,9,11,13H,5,8,10,12H2,1H3,(H,20,23). The molecule has 0 saturated carbocycles. The highest BCUT2D eigenvalue weighted by Crippen LogP contribution is 2.21. The van der Waals surface area contributed by atoms with Gasteiger partial charge in [-0.25, -0.2) is 9.97 Å². The van der Waals surface area contributed by atoms with Crippen molar-refractivity contribution < 1.29 is 4.79 Å². The minimum atomic E-state index is -0.0871. The molecule has 0 fully saturated rings. The molecule has 0 atom stereocenters. The van der Waals surface area contributed by atoms with Crippen LogP contribution < -0.4 is 5.32 Å². The molecule has 2 aromatic heterocycles. The number of hydrogen-bond donors (Lipinski definition) is 1. The molecule has 0 bridgehead atoms. The summed E-state index contributed by atoms with van der Waals surface area (Å²) in [5.41, 5.74) is 1.75. The molecule has 0 aliphatic heterocycles. The Morgan fingerprint density at radius 3 is 2.88 bits per heavy atom. The third-order valence-electron chi connectivity index (χ3n) is 3.66. The van der Waals surface area contributed by atoms with E-state index >= 15 is 0 Å². The lowest BCUT2D eigenvalue weighted by Crippen LogP contribution is -2.26. The van der Waals surface area contributed by atoms with E-state index in [-0.39, 0.29) is 5.91 Å². The lowest BCUT2D eigenvalue weighted by Gasteiger charge is -2.06. The summed E-state index contributed by atoms with van der Waals surface area (Å²) in [4.78, 5) is 21.9. The Labute approximate surface area is 145 Å². The summed E-state index contributed by atoms with van der Waals surface area (Å²) in [5, 5.41) is 3.89. The van der Waals surface area contributed by atoms with E-state index in [4.69, 9.17) is 0 Å². The molecule has 6 heteroatoms. The van der Waals surface area contributed by atoms with Crippen LogP contribution in [-0.2, 0) is 13.0 Å². The third kappa shape index (κ3) is 4.29. The zero-order chi connectivity index (χ0) is 16.8. The predicted octanol–water partition coefficient (Wildman–Crippen LogP) is 3.06. The van der Waals surface area contributed by atoms with Crippen LogP contribution in [-0.4, -0.2) is 27.0 Å². The summed E-state index contributed by atoms with van der Waals surface area (Å²) in [6.45, 7) is 3.40. The number of amides is 1. The number of aromatic nitrogens is 3. The summed E-state index contributed by atoms with van der Waals surface area (Å²) < 4.78 is 2.00. The molecule has 3 rings (SSSR count). The van der Waals surface area contributed by atoms with Gasteiger partial charge in [0, 0.05) is 36.8 Å². The first-order valence-electron chi connectivity index (χ1n) is 7.96. The Morgan fingerprint density at radius 2 is 2.12 bits per heavy atom. The van der Waals surface area contributed by atoms with Gasteiger partial charge in [0.15, 0.2) is 0 Å². The van der Waals surface area contributed by atoms with Crippen LogP contribution in [0.5, 0.6) is 0 Å². The first-order valence-corrected chi connectivity index (χ1v) is 8.78. The smallest absolute Gasteiger partial charge is 0.271 e. The number of aryl methyl sites for hydroxylation is 2. The Bertz CT molecular complexity index is 781. The number of imidazole rings is 1. The number of nitrogens with zero attached hydrogens (tertiary/aromatic N) is 3. The van der Waals surface area contributed by atoms with E-state index < -0.39 is 0 Å². The molecular formula is C18H20N4OS. The van der Waals surface area contributed by atoms with Gasteiger partial charge in [0.05, 0.1) is 11.3 Å². The molecule has 0 radical (unpaired) electrons. The lowest BCUT2D eigenvalue weighted by molar-refractivity contribution is 0.0947. The van der Waals surface area contributed by atoms with Crippen molar-refractivity contribution in [3.63, 3.8) is 0 Å². The highest BCUT2D eigenvalue weighted by atomic mass is 32.1. The number of carbonyl (C=O) groups excluding carboxylic acids is 1. The van der Waals surface area contributed by atoms with Gasteiger partial charge in [0.25, 0.3) is 5.91 Å². The minimum absolute atomic E-state index is 0.0871. The molecule has 0 saturated heterocycles. The third-order valence-corrected chi connectivity index (χ3v) is 4.64. The topological polar surface area (TPSA) is 59.8 Å². The van der Waals surface area contributed by atoms with Gasteiger partial charge in [-0.05, 0) is 18.9 Å². The molecule has 0 unspecified atom stereocenters. The van der Waals surface area contributed by atoms with E-state index in [0.717, 1.165) is 29.3 Å². The molecule has 124 valence electrons. The van der Waals surface area contributed by atoms with Crippen LogP contribution in [0.3, 0.4) is 0 Å². The van der Waals surface area contributed by atoms with Crippen LogP contribution in [0.25, 0.3) is 0 Å². The number of thiazole rings is 1. The van der Waals surface area contributed by atoms with Gasteiger partial charge >= 0.3 is 0 Å². The van der Waals surface area contributed by atoms with E-state index in [1.807, 2.05) is 35.9 Å². The molecule has 3 aromatic rings. The second-order valence-electron chi connectivity index (χ2n) is 5.58. The highest BCUT2D eigenvalue weighted by Gasteiger charge is 2.16. The molecular weight excluding hydrogens is 320 g/mol. The molecule has 1 aromatic carbocycles. The summed E-state index contributed by atoms with van der Waals surface area (Å²) >= 11 is 1.59. The van der Waals surface area contributed by atoms with Crippen LogP contribution in [0.1, 0.15) is 32.4 Å².